The Morgan fingerprint density at radius 3 is 2.79 bits per heavy atom. The first-order chi connectivity index (χ1) is 9.06. The minimum absolute atomic E-state index is 0.170. The zero-order valence-electron chi connectivity index (χ0n) is 11.3. The molecule has 0 aliphatic carbocycles. The SMILES string of the molecule is CC(N)CCNc1cc(-c2cnn(C)c2)cnc1N. The molecule has 6 nitrogen and oxygen atoms in total. The Hall–Kier alpha value is -2.08. The number of aromatic nitrogens is 3. The van der Waals surface area contributed by atoms with Gasteiger partial charge in [-0.05, 0) is 19.4 Å². The van der Waals surface area contributed by atoms with Crippen molar-refractivity contribution in [1.29, 1.82) is 0 Å². The minimum Gasteiger partial charge on any atom is -0.382 e. The summed E-state index contributed by atoms with van der Waals surface area (Å²) in [4.78, 5) is 4.21. The Balaban J connectivity index is 2.15. The molecule has 1 atom stereocenters. The van der Waals surface area contributed by atoms with Crippen molar-refractivity contribution in [2.75, 3.05) is 17.6 Å². The number of hydrogen-bond acceptors (Lipinski definition) is 5. The summed E-state index contributed by atoms with van der Waals surface area (Å²) in [5.74, 6) is 0.498. The molecule has 0 bridgehead atoms. The minimum atomic E-state index is 0.170. The van der Waals surface area contributed by atoms with Gasteiger partial charge in [0, 0.05) is 43.2 Å². The fourth-order valence-corrected chi connectivity index (χ4v) is 1.78. The van der Waals surface area contributed by atoms with Crippen LogP contribution < -0.4 is 16.8 Å². The lowest BCUT2D eigenvalue weighted by Crippen LogP contribution is -2.19. The number of nitrogen functional groups attached to an aromatic ring is 1. The van der Waals surface area contributed by atoms with Gasteiger partial charge in [0.05, 0.1) is 11.9 Å². The van der Waals surface area contributed by atoms with Gasteiger partial charge in [0.2, 0.25) is 0 Å². The van der Waals surface area contributed by atoms with Gasteiger partial charge in [-0.25, -0.2) is 4.98 Å². The number of aryl methyl sites for hydroxylation is 1. The second-order valence-electron chi connectivity index (χ2n) is 4.75. The molecule has 0 fully saturated rings. The van der Waals surface area contributed by atoms with E-state index in [4.69, 9.17) is 11.5 Å². The van der Waals surface area contributed by atoms with Crippen LogP contribution in [0.4, 0.5) is 11.5 Å². The molecule has 2 aromatic heterocycles. The Labute approximate surface area is 112 Å². The van der Waals surface area contributed by atoms with E-state index in [1.807, 2.05) is 26.2 Å². The highest BCUT2D eigenvalue weighted by molar-refractivity contribution is 5.72. The monoisotopic (exact) mass is 260 g/mol. The molecule has 0 radical (unpaired) electrons. The van der Waals surface area contributed by atoms with E-state index in [1.165, 1.54) is 0 Å². The van der Waals surface area contributed by atoms with E-state index in [0.717, 1.165) is 29.8 Å². The van der Waals surface area contributed by atoms with Gasteiger partial charge in [-0.15, -0.1) is 0 Å². The predicted molar refractivity (Wildman–Crippen MR) is 77.6 cm³/mol. The van der Waals surface area contributed by atoms with Crippen molar-refractivity contribution in [1.82, 2.24) is 14.8 Å². The Bertz CT molecular complexity index is 546. The van der Waals surface area contributed by atoms with E-state index in [1.54, 1.807) is 17.1 Å². The van der Waals surface area contributed by atoms with Gasteiger partial charge in [-0.3, -0.25) is 4.68 Å². The van der Waals surface area contributed by atoms with E-state index in [0.29, 0.717) is 5.82 Å². The molecule has 0 aliphatic heterocycles. The fourth-order valence-electron chi connectivity index (χ4n) is 1.78. The fraction of sp³-hybridized carbons (Fsp3) is 0.385. The summed E-state index contributed by atoms with van der Waals surface area (Å²) < 4.78 is 1.76. The van der Waals surface area contributed by atoms with Gasteiger partial charge in [0.25, 0.3) is 0 Å². The third-order valence-corrected chi connectivity index (χ3v) is 2.87. The zero-order chi connectivity index (χ0) is 13.8. The van der Waals surface area contributed by atoms with E-state index in [9.17, 15) is 0 Å². The number of pyridine rings is 1. The Kier molecular flexibility index (Phi) is 4.01. The summed E-state index contributed by atoms with van der Waals surface area (Å²) in [6, 6.07) is 2.16. The highest BCUT2D eigenvalue weighted by Gasteiger charge is 2.06. The third kappa shape index (κ3) is 3.45. The van der Waals surface area contributed by atoms with Crippen LogP contribution in [0.2, 0.25) is 0 Å². The molecule has 0 saturated carbocycles. The Morgan fingerprint density at radius 2 is 2.16 bits per heavy atom. The lowest BCUT2D eigenvalue weighted by molar-refractivity contribution is 0.690. The van der Waals surface area contributed by atoms with Gasteiger partial charge in [-0.2, -0.15) is 5.10 Å². The summed E-state index contributed by atoms with van der Waals surface area (Å²) in [7, 11) is 1.88. The van der Waals surface area contributed by atoms with Crippen molar-refractivity contribution < 1.29 is 0 Å². The molecule has 5 N–H and O–H groups in total. The van der Waals surface area contributed by atoms with Gasteiger partial charge in [0.15, 0.2) is 0 Å². The first-order valence-electron chi connectivity index (χ1n) is 6.30. The maximum absolute atomic E-state index is 5.86. The number of nitrogens with one attached hydrogen (secondary N) is 1. The molecule has 0 aliphatic rings. The highest BCUT2D eigenvalue weighted by atomic mass is 15.2. The van der Waals surface area contributed by atoms with Crippen molar-refractivity contribution >= 4 is 11.5 Å². The zero-order valence-corrected chi connectivity index (χ0v) is 11.3. The maximum atomic E-state index is 5.86. The van der Waals surface area contributed by atoms with Crippen LogP contribution in [-0.4, -0.2) is 27.4 Å². The highest BCUT2D eigenvalue weighted by Crippen LogP contribution is 2.24. The normalized spacial score (nSPS) is 12.4. The van der Waals surface area contributed by atoms with Crippen LogP contribution in [0.5, 0.6) is 0 Å². The molecule has 6 heteroatoms. The van der Waals surface area contributed by atoms with Crippen LogP contribution in [0, 0.1) is 0 Å². The van der Waals surface area contributed by atoms with Crippen molar-refractivity contribution in [3.63, 3.8) is 0 Å². The summed E-state index contributed by atoms with van der Waals surface area (Å²) in [6.07, 6.45) is 6.39. The topological polar surface area (TPSA) is 94.8 Å². The lowest BCUT2D eigenvalue weighted by Gasteiger charge is -2.11. The molecule has 2 rings (SSSR count). The predicted octanol–water partition coefficient (Wildman–Crippen LogP) is 1.21. The Morgan fingerprint density at radius 1 is 1.37 bits per heavy atom. The van der Waals surface area contributed by atoms with E-state index >= 15 is 0 Å². The molecule has 102 valence electrons. The molecule has 0 saturated heterocycles. The molecule has 0 amide bonds. The summed E-state index contributed by atoms with van der Waals surface area (Å²) in [5, 5.41) is 7.42. The average Bonchev–Trinajstić information content (AvgIpc) is 2.78. The van der Waals surface area contributed by atoms with Crippen molar-refractivity contribution in [2.45, 2.75) is 19.4 Å². The number of nitrogens with two attached hydrogens (primary N) is 2. The van der Waals surface area contributed by atoms with E-state index in [-0.39, 0.29) is 6.04 Å². The molecule has 2 aromatic rings. The van der Waals surface area contributed by atoms with Crippen LogP contribution in [0.1, 0.15) is 13.3 Å². The first kappa shape index (κ1) is 13.4. The third-order valence-electron chi connectivity index (χ3n) is 2.87. The molecular formula is C13H20N6. The lowest BCUT2D eigenvalue weighted by atomic mass is 10.1. The van der Waals surface area contributed by atoms with Gasteiger partial charge < -0.3 is 16.8 Å². The number of hydrogen-bond donors (Lipinski definition) is 3. The molecule has 1 unspecified atom stereocenters. The second-order valence-corrected chi connectivity index (χ2v) is 4.75. The maximum Gasteiger partial charge on any atom is 0.146 e. The van der Waals surface area contributed by atoms with Crippen LogP contribution in [0.25, 0.3) is 11.1 Å². The van der Waals surface area contributed by atoms with Gasteiger partial charge in [-0.1, -0.05) is 0 Å². The first-order valence-corrected chi connectivity index (χ1v) is 6.30. The summed E-state index contributed by atoms with van der Waals surface area (Å²) >= 11 is 0. The van der Waals surface area contributed by atoms with Gasteiger partial charge >= 0.3 is 0 Å². The molecular weight excluding hydrogens is 240 g/mol. The molecule has 0 aromatic carbocycles. The molecule has 19 heavy (non-hydrogen) atoms. The van der Waals surface area contributed by atoms with E-state index < -0.39 is 0 Å². The van der Waals surface area contributed by atoms with Crippen molar-refractivity contribution in [2.24, 2.45) is 12.8 Å². The smallest absolute Gasteiger partial charge is 0.146 e. The van der Waals surface area contributed by atoms with Crippen LogP contribution in [-0.2, 0) is 7.05 Å². The second kappa shape index (κ2) is 5.71. The average molecular weight is 260 g/mol. The summed E-state index contributed by atoms with van der Waals surface area (Å²) in [5.41, 5.74) is 14.4. The van der Waals surface area contributed by atoms with Crippen LogP contribution >= 0.6 is 0 Å². The molecule has 2 heterocycles. The quantitative estimate of drug-likeness (QED) is 0.751. The number of rotatable bonds is 5. The number of nitrogens with zero attached hydrogens (tertiary/aromatic N) is 3. The van der Waals surface area contributed by atoms with Crippen LogP contribution in [0.15, 0.2) is 24.7 Å². The molecule has 0 spiro atoms. The summed E-state index contributed by atoms with van der Waals surface area (Å²) in [6.45, 7) is 2.76. The largest absolute Gasteiger partial charge is 0.382 e. The van der Waals surface area contributed by atoms with Crippen molar-refractivity contribution in [3.05, 3.63) is 24.7 Å². The van der Waals surface area contributed by atoms with Crippen molar-refractivity contribution in [3.8, 4) is 11.1 Å². The van der Waals surface area contributed by atoms with Gasteiger partial charge in [0.1, 0.15) is 5.82 Å². The standard InChI is InChI=1S/C13H20N6/c1-9(14)3-4-16-12-5-10(6-17-13(12)15)11-7-18-19(2)8-11/h5-9,16H,3-4,14H2,1-2H3,(H2,15,17). The van der Waals surface area contributed by atoms with E-state index in [2.05, 4.69) is 15.4 Å². The number of anilines is 2. The van der Waals surface area contributed by atoms with Crippen LogP contribution in [0.3, 0.4) is 0 Å².